The summed E-state index contributed by atoms with van der Waals surface area (Å²) in [6, 6.07) is 9.79. The second-order valence-corrected chi connectivity index (χ2v) is 4.61. The number of carbonyl (C=O) groups excluding carboxylic acids is 3. The number of amides is 2. The highest BCUT2D eigenvalue weighted by atomic mass is 16.2. The number of aromatic nitrogens is 1. The van der Waals surface area contributed by atoms with Crippen molar-refractivity contribution in [3.05, 3.63) is 59.9 Å². The molecule has 0 aliphatic heterocycles. The van der Waals surface area contributed by atoms with Crippen LogP contribution in [0.3, 0.4) is 0 Å². The number of pyridine rings is 1. The van der Waals surface area contributed by atoms with E-state index in [2.05, 4.69) is 15.7 Å². The van der Waals surface area contributed by atoms with Crippen molar-refractivity contribution in [1.82, 2.24) is 15.4 Å². The van der Waals surface area contributed by atoms with Crippen LogP contribution in [0.5, 0.6) is 0 Å². The third-order valence-electron chi connectivity index (χ3n) is 3.08. The summed E-state index contributed by atoms with van der Waals surface area (Å²) in [5, 5.41) is 3.77. The zero-order valence-corrected chi connectivity index (χ0v) is 12.5. The van der Waals surface area contributed by atoms with Gasteiger partial charge in [0.1, 0.15) is 6.54 Å². The summed E-state index contributed by atoms with van der Waals surface area (Å²) in [6.45, 7) is -0.211. The number of rotatable bonds is 6. The van der Waals surface area contributed by atoms with Gasteiger partial charge in [0.2, 0.25) is 5.91 Å². The van der Waals surface area contributed by atoms with Crippen LogP contribution in [0, 0.1) is 0 Å². The molecule has 0 unspecified atom stereocenters. The Balaban J connectivity index is 2.08. The van der Waals surface area contributed by atoms with Gasteiger partial charge < -0.3 is 5.32 Å². The minimum Gasteiger partial charge on any atom is -0.323 e. The van der Waals surface area contributed by atoms with Crippen LogP contribution < -0.4 is 10.7 Å². The van der Waals surface area contributed by atoms with Crippen molar-refractivity contribution >= 4 is 23.8 Å². The maximum absolute atomic E-state index is 12.5. The minimum atomic E-state index is -0.462. The fraction of sp³-hybridized carbons (Fsp3) is 0.125. The Bertz CT molecular complexity index is 703. The van der Waals surface area contributed by atoms with Crippen molar-refractivity contribution in [2.24, 2.45) is 0 Å². The summed E-state index contributed by atoms with van der Waals surface area (Å²) in [6.07, 6.45) is 3.71. The second-order valence-electron chi connectivity index (χ2n) is 4.61. The molecule has 2 rings (SSSR count). The monoisotopic (exact) mass is 312 g/mol. The first-order valence-electron chi connectivity index (χ1n) is 6.89. The Hall–Kier alpha value is -3.06. The number of hydrogen-bond acceptors (Lipinski definition) is 5. The molecule has 0 radical (unpaired) electrons. The second kappa shape index (κ2) is 7.81. The Kier molecular flexibility index (Phi) is 5.54. The number of benzene rings is 1. The summed E-state index contributed by atoms with van der Waals surface area (Å²) >= 11 is 0. The van der Waals surface area contributed by atoms with Crippen LogP contribution in [0.1, 0.15) is 20.7 Å². The topological polar surface area (TPSA) is 91.4 Å². The van der Waals surface area contributed by atoms with Gasteiger partial charge >= 0.3 is 0 Å². The Morgan fingerprint density at radius 3 is 2.65 bits per heavy atom. The summed E-state index contributed by atoms with van der Waals surface area (Å²) in [5.41, 5.74) is 3.69. The van der Waals surface area contributed by atoms with Crippen molar-refractivity contribution in [3.8, 4) is 0 Å². The molecule has 0 aliphatic rings. The predicted molar refractivity (Wildman–Crippen MR) is 84.8 cm³/mol. The number of aldehydes is 1. The molecule has 1 heterocycles. The summed E-state index contributed by atoms with van der Waals surface area (Å²) in [7, 11) is 1.53. The van der Waals surface area contributed by atoms with Crippen LogP contribution in [0.2, 0.25) is 0 Å². The van der Waals surface area contributed by atoms with E-state index in [-0.39, 0.29) is 23.6 Å². The van der Waals surface area contributed by atoms with Gasteiger partial charge in [0.05, 0.1) is 17.4 Å². The Morgan fingerprint density at radius 1 is 1.22 bits per heavy atom. The van der Waals surface area contributed by atoms with E-state index < -0.39 is 5.91 Å². The molecule has 1 aromatic carbocycles. The smallest absolute Gasteiger partial charge is 0.269 e. The molecular weight excluding hydrogens is 296 g/mol. The molecule has 1 aromatic heterocycles. The lowest BCUT2D eigenvalue weighted by molar-refractivity contribution is -0.117. The van der Waals surface area contributed by atoms with Crippen molar-refractivity contribution in [2.45, 2.75) is 0 Å². The van der Waals surface area contributed by atoms with Gasteiger partial charge in [0.25, 0.3) is 5.91 Å². The van der Waals surface area contributed by atoms with Gasteiger partial charge in [-0.2, -0.15) is 0 Å². The van der Waals surface area contributed by atoms with E-state index in [0.29, 0.717) is 12.0 Å². The molecule has 2 amide bonds. The molecule has 0 bridgehead atoms. The van der Waals surface area contributed by atoms with Gasteiger partial charge in [0.15, 0.2) is 6.29 Å². The average Bonchev–Trinajstić information content (AvgIpc) is 2.60. The van der Waals surface area contributed by atoms with Gasteiger partial charge in [0, 0.05) is 18.8 Å². The maximum Gasteiger partial charge on any atom is 0.269 e. The molecule has 7 nitrogen and oxygen atoms in total. The van der Waals surface area contributed by atoms with E-state index in [0.717, 1.165) is 5.01 Å². The lowest BCUT2D eigenvalue weighted by atomic mass is 10.1. The molecule has 2 N–H and O–H groups in total. The molecule has 2 aromatic rings. The molecule has 23 heavy (non-hydrogen) atoms. The number of hydrazine groups is 1. The Labute approximate surface area is 133 Å². The first-order valence-corrected chi connectivity index (χ1v) is 6.89. The number of hydrogen-bond donors (Lipinski definition) is 2. The molecule has 0 atom stereocenters. The molecule has 0 saturated heterocycles. The molecule has 118 valence electrons. The van der Waals surface area contributed by atoms with Gasteiger partial charge in [-0.05, 0) is 18.2 Å². The zero-order valence-electron chi connectivity index (χ0n) is 12.5. The fourth-order valence-corrected chi connectivity index (χ4v) is 1.97. The predicted octanol–water partition coefficient (Wildman–Crippen LogP) is 1.11. The average molecular weight is 312 g/mol. The van der Waals surface area contributed by atoms with Crippen LogP contribution in [0.25, 0.3) is 0 Å². The fourth-order valence-electron chi connectivity index (χ4n) is 1.97. The van der Waals surface area contributed by atoms with Crippen LogP contribution in [0.15, 0.2) is 48.8 Å². The minimum absolute atomic E-state index is 0.211. The number of nitrogens with zero attached hydrogens (tertiary/aromatic N) is 2. The van der Waals surface area contributed by atoms with E-state index in [1.807, 2.05) is 0 Å². The molecule has 0 spiro atoms. The highest BCUT2D eigenvalue weighted by molar-refractivity contribution is 6.03. The van der Waals surface area contributed by atoms with Crippen molar-refractivity contribution in [3.63, 3.8) is 0 Å². The third kappa shape index (κ3) is 4.21. The largest absolute Gasteiger partial charge is 0.323 e. The lowest BCUT2D eigenvalue weighted by Crippen LogP contribution is -2.45. The molecule has 0 aliphatic carbocycles. The molecule has 7 heteroatoms. The standard InChI is InChI=1S/C16H16N4O3/c1-17-20(10-15(22)19-13-6-4-8-18-9-13)16(23)14-7-3-2-5-12(14)11-21/h2-9,11,17H,10H2,1H3,(H,19,22). The summed E-state index contributed by atoms with van der Waals surface area (Å²) in [4.78, 5) is 39.4. The zero-order chi connectivity index (χ0) is 16.7. The van der Waals surface area contributed by atoms with Gasteiger partial charge in [-0.1, -0.05) is 18.2 Å². The quantitative estimate of drug-likeness (QED) is 0.616. The van der Waals surface area contributed by atoms with E-state index in [9.17, 15) is 14.4 Å². The number of carbonyl (C=O) groups is 3. The molecule has 0 fully saturated rings. The van der Waals surface area contributed by atoms with Gasteiger partial charge in [-0.15, -0.1) is 0 Å². The van der Waals surface area contributed by atoms with E-state index in [1.165, 1.54) is 19.3 Å². The summed E-state index contributed by atoms with van der Waals surface area (Å²) < 4.78 is 0. The highest BCUT2D eigenvalue weighted by Crippen LogP contribution is 2.09. The Morgan fingerprint density at radius 2 is 2.00 bits per heavy atom. The normalized spacial score (nSPS) is 9.96. The third-order valence-corrected chi connectivity index (χ3v) is 3.08. The van der Waals surface area contributed by atoms with Crippen molar-refractivity contribution < 1.29 is 14.4 Å². The van der Waals surface area contributed by atoms with Crippen LogP contribution >= 0.6 is 0 Å². The van der Waals surface area contributed by atoms with Crippen molar-refractivity contribution in [2.75, 3.05) is 18.9 Å². The van der Waals surface area contributed by atoms with Crippen LogP contribution in [-0.2, 0) is 4.79 Å². The number of nitrogens with one attached hydrogen (secondary N) is 2. The maximum atomic E-state index is 12.5. The van der Waals surface area contributed by atoms with Gasteiger partial charge in [-0.25, -0.2) is 5.43 Å². The molecular formula is C16H16N4O3. The first-order chi connectivity index (χ1) is 11.2. The van der Waals surface area contributed by atoms with Crippen molar-refractivity contribution in [1.29, 1.82) is 0 Å². The van der Waals surface area contributed by atoms with Gasteiger partial charge in [-0.3, -0.25) is 24.4 Å². The first kappa shape index (κ1) is 16.3. The SMILES string of the molecule is CNN(CC(=O)Nc1cccnc1)C(=O)c1ccccc1C=O. The van der Waals surface area contributed by atoms with Crippen LogP contribution in [0.4, 0.5) is 5.69 Å². The lowest BCUT2D eigenvalue weighted by Gasteiger charge is -2.21. The number of anilines is 1. The van der Waals surface area contributed by atoms with E-state index in [4.69, 9.17) is 0 Å². The summed E-state index contributed by atoms with van der Waals surface area (Å²) in [5.74, 6) is -0.846. The molecule has 0 saturated carbocycles. The van der Waals surface area contributed by atoms with Crippen LogP contribution in [-0.4, -0.2) is 41.7 Å². The van der Waals surface area contributed by atoms with E-state index in [1.54, 1.807) is 36.5 Å². The highest BCUT2D eigenvalue weighted by Gasteiger charge is 2.20. The van der Waals surface area contributed by atoms with E-state index >= 15 is 0 Å².